The average molecular weight is 379 g/mol. The molecule has 0 aliphatic carbocycles. The number of nitrogens with zero attached hydrogens (tertiary/aromatic N) is 1. The first-order valence-electron chi connectivity index (χ1n) is 9.03. The molecule has 0 bridgehead atoms. The Morgan fingerprint density at radius 1 is 1.07 bits per heavy atom. The number of aromatic nitrogens is 1. The summed E-state index contributed by atoms with van der Waals surface area (Å²) in [6.07, 6.45) is 0. The van der Waals surface area contributed by atoms with E-state index in [1.54, 1.807) is 20.3 Å². The zero-order valence-corrected chi connectivity index (χ0v) is 16.6. The van der Waals surface area contributed by atoms with Crippen LogP contribution in [0.15, 0.2) is 48.5 Å². The number of benzene rings is 2. The molecule has 0 aliphatic heterocycles. The Labute approximate surface area is 164 Å². The summed E-state index contributed by atoms with van der Waals surface area (Å²) in [6, 6.07) is 14.9. The van der Waals surface area contributed by atoms with Gasteiger partial charge < -0.3 is 20.5 Å². The van der Waals surface area contributed by atoms with E-state index < -0.39 is 5.54 Å². The predicted molar refractivity (Wildman–Crippen MR) is 111 cm³/mol. The van der Waals surface area contributed by atoms with Crippen molar-refractivity contribution in [1.82, 2.24) is 10.3 Å². The molecule has 146 valence electrons. The van der Waals surface area contributed by atoms with Crippen LogP contribution in [0.4, 0.5) is 0 Å². The number of nitrogens with two attached hydrogens (primary N) is 1. The summed E-state index contributed by atoms with van der Waals surface area (Å²) in [5.41, 5.74) is 8.06. The van der Waals surface area contributed by atoms with Gasteiger partial charge in [-0.1, -0.05) is 18.2 Å². The van der Waals surface area contributed by atoms with E-state index in [2.05, 4.69) is 5.32 Å². The topological polar surface area (TPSA) is 86.5 Å². The maximum Gasteiger partial charge on any atom is 0.252 e. The van der Waals surface area contributed by atoms with Crippen LogP contribution in [0, 0.1) is 0 Å². The molecule has 0 fully saturated rings. The van der Waals surface area contributed by atoms with Gasteiger partial charge in [0.1, 0.15) is 0 Å². The summed E-state index contributed by atoms with van der Waals surface area (Å²) >= 11 is 0. The minimum Gasteiger partial charge on any atom is -0.493 e. The van der Waals surface area contributed by atoms with Crippen molar-refractivity contribution < 1.29 is 14.3 Å². The summed E-state index contributed by atoms with van der Waals surface area (Å²) in [4.78, 5) is 17.7. The van der Waals surface area contributed by atoms with E-state index in [4.69, 9.17) is 20.2 Å². The zero-order chi connectivity index (χ0) is 20.3. The molecule has 0 aliphatic rings. The van der Waals surface area contributed by atoms with Crippen molar-refractivity contribution in [3.05, 3.63) is 54.1 Å². The van der Waals surface area contributed by atoms with Gasteiger partial charge >= 0.3 is 0 Å². The fourth-order valence-electron chi connectivity index (χ4n) is 2.93. The number of amides is 1. The molecule has 3 aromatic rings. The summed E-state index contributed by atoms with van der Waals surface area (Å²) in [7, 11) is 3.18. The second-order valence-electron chi connectivity index (χ2n) is 7.18. The number of pyridine rings is 1. The molecular weight excluding hydrogens is 354 g/mol. The summed E-state index contributed by atoms with van der Waals surface area (Å²) < 4.78 is 10.7. The Balaban J connectivity index is 2.14. The fraction of sp³-hybridized carbons (Fsp3) is 0.273. The minimum absolute atomic E-state index is 0.184. The number of carbonyl (C=O) groups is 1. The third-order valence-electron chi connectivity index (χ3n) is 4.60. The van der Waals surface area contributed by atoms with E-state index in [9.17, 15) is 4.79 Å². The number of hydrogen-bond acceptors (Lipinski definition) is 5. The second-order valence-corrected chi connectivity index (χ2v) is 7.18. The van der Waals surface area contributed by atoms with Crippen molar-refractivity contribution in [2.45, 2.75) is 19.4 Å². The Kier molecular flexibility index (Phi) is 5.51. The normalized spacial score (nSPS) is 11.3. The molecule has 0 radical (unpaired) electrons. The van der Waals surface area contributed by atoms with Crippen LogP contribution in [0.1, 0.15) is 24.2 Å². The Morgan fingerprint density at radius 3 is 2.46 bits per heavy atom. The van der Waals surface area contributed by atoms with Gasteiger partial charge in [-0.05, 0) is 44.2 Å². The van der Waals surface area contributed by atoms with Crippen LogP contribution >= 0.6 is 0 Å². The van der Waals surface area contributed by atoms with Gasteiger partial charge in [-0.2, -0.15) is 0 Å². The molecule has 0 saturated carbocycles. The third-order valence-corrected chi connectivity index (χ3v) is 4.60. The van der Waals surface area contributed by atoms with E-state index in [1.807, 2.05) is 56.3 Å². The van der Waals surface area contributed by atoms with E-state index in [1.165, 1.54) is 0 Å². The highest BCUT2D eigenvalue weighted by Crippen LogP contribution is 2.33. The number of nitrogens with one attached hydrogen (secondary N) is 1. The monoisotopic (exact) mass is 379 g/mol. The number of fused-ring (bicyclic) bond motifs is 1. The van der Waals surface area contributed by atoms with Crippen molar-refractivity contribution >= 4 is 16.8 Å². The van der Waals surface area contributed by atoms with Crippen LogP contribution in [0.2, 0.25) is 0 Å². The maximum atomic E-state index is 13.0. The largest absolute Gasteiger partial charge is 0.493 e. The molecule has 3 N–H and O–H groups in total. The highest BCUT2D eigenvalue weighted by atomic mass is 16.5. The number of para-hydroxylation sites is 1. The average Bonchev–Trinajstić information content (AvgIpc) is 2.72. The lowest BCUT2D eigenvalue weighted by Gasteiger charge is -2.24. The zero-order valence-electron chi connectivity index (χ0n) is 16.6. The first kappa shape index (κ1) is 19.6. The maximum absolute atomic E-state index is 13.0. The Bertz CT molecular complexity index is 1020. The van der Waals surface area contributed by atoms with Gasteiger partial charge in [0.15, 0.2) is 11.5 Å². The van der Waals surface area contributed by atoms with E-state index in [0.717, 1.165) is 16.5 Å². The van der Waals surface area contributed by atoms with Crippen LogP contribution in [-0.2, 0) is 0 Å². The van der Waals surface area contributed by atoms with E-state index in [0.29, 0.717) is 29.3 Å². The molecule has 28 heavy (non-hydrogen) atoms. The predicted octanol–water partition coefficient (Wildman–Crippen LogP) is 3.39. The van der Waals surface area contributed by atoms with Crippen LogP contribution in [0.5, 0.6) is 11.5 Å². The van der Waals surface area contributed by atoms with Crippen LogP contribution in [0.3, 0.4) is 0 Å². The van der Waals surface area contributed by atoms with Crippen LogP contribution in [0.25, 0.3) is 22.2 Å². The summed E-state index contributed by atoms with van der Waals surface area (Å²) in [5.74, 6) is 1.05. The van der Waals surface area contributed by atoms with Gasteiger partial charge in [-0.3, -0.25) is 4.79 Å². The molecule has 6 heteroatoms. The molecule has 0 saturated heterocycles. The molecular formula is C22H25N3O3. The van der Waals surface area contributed by atoms with E-state index in [-0.39, 0.29) is 5.91 Å². The van der Waals surface area contributed by atoms with Gasteiger partial charge in [0.2, 0.25) is 0 Å². The minimum atomic E-state index is -0.509. The standard InChI is InChI=1S/C22H25N3O3/c1-22(2,13-23)25-21(26)16-12-18(24-17-8-6-5-7-15(16)17)14-9-10-19(27-3)20(11-14)28-4/h5-12H,13,23H2,1-4H3,(H,25,26). The highest BCUT2D eigenvalue weighted by molar-refractivity contribution is 6.07. The van der Waals surface area contributed by atoms with Gasteiger partial charge in [0.05, 0.1) is 31.0 Å². The Hall–Kier alpha value is -3.12. The number of carbonyl (C=O) groups excluding carboxylic acids is 1. The van der Waals surface area contributed by atoms with Crippen molar-refractivity contribution in [3.63, 3.8) is 0 Å². The highest BCUT2D eigenvalue weighted by Gasteiger charge is 2.22. The van der Waals surface area contributed by atoms with Crippen molar-refractivity contribution in [3.8, 4) is 22.8 Å². The van der Waals surface area contributed by atoms with Crippen molar-refractivity contribution in [2.75, 3.05) is 20.8 Å². The van der Waals surface area contributed by atoms with Gasteiger partial charge in [-0.15, -0.1) is 0 Å². The van der Waals surface area contributed by atoms with Gasteiger partial charge in [0.25, 0.3) is 5.91 Å². The lowest BCUT2D eigenvalue weighted by Crippen LogP contribution is -2.48. The molecule has 1 aromatic heterocycles. The van der Waals surface area contributed by atoms with Gasteiger partial charge in [0, 0.05) is 23.0 Å². The number of hydrogen-bond donors (Lipinski definition) is 2. The van der Waals surface area contributed by atoms with Crippen LogP contribution < -0.4 is 20.5 Å². The molecule has 1 heterocycles. The second kappa shape index (κ2) is 7.86. The molecule has 0 spiro atoms. The lowest BCUT2D eigenvalue weighted by atomic mass is 10.0. The van der Waals surface area contributed by atoms with Gasteiger partial charge in [-0.25, -0.2) is 4.98 Å². The van der Waals surface area contributed by atoms with Crippen molar-refractivity contribution in [1.29, 1.82) is 0 Å². The first-order valence-corrected chi connectivity index (χ1v) is 9.03. The van der Waals surface area contributed by atoms with Crippen molar-refractivity contribution in [2.24, 2.45) is 5.73 Å². The number of rotatable bonds is 6. The smallest absolute Gasteiger partial charge is 0.252 e. The Morgan fingerprint density at radius 2 is 1.79 bits per heavy atom. The molecule has 3 rings (SSSR count). The quantitative estimate of drug-likeness (QED) is 0.686. The molecule has 6 nitrogen and oxygen atoms in total. The lowest BCUT2D eigenvalue weighted by molar-refractivity contribution is 0.0917. The third kappa shape index (κ3) is 3.92. The number of ether oxygens (including phenoxy) is 2. The summed E-state index contributed by atoms with van der Waals surface area (Å²) in [5, 5.41) is 3.79. The molecule has 0 atom stereocenters. The first-order chi connectivity index (χ1) is 13.4. The van der Waals surface area contributed by atoms with E-state index >= 15 is 0 Å². The summed E-state index contributed by atoms with van der Waals surface area (Å²) in [6.45, 7) is 4.12. The fourth-order valence-corrected chi connectivity index (χ4v) is 2.93. The SMILES string of the molecule is COc1ccc(-c2cc(C(=O)NC(C)(C)CN)c3ccccc3n2)cc1OC. The molecule has 0 unspecified atom stereocenters. The van der Waals surface area contributed by atoms with Crippen LogP contribution in [-0.4, -0.2) is 37.2 Å². The molecule has 1 amide bonds. The molecule has 2 aromatic carbocycles. The number of methoxy groups -OCH3 is 2.